The average molecular weight is 432 g/mol. The molecule has 2 heterocycles. The van der Waals surface area contributed by atoms with Gasteiger partial charge in [0.05, 0.1) is 18.6 Å². The van der Waals surface area contributed by atoms with Crippen molar-refractivity contribution < 1.29 is 24.3 Å². The molecule has 0 saturated carbocycles. The van der Waals surface area contributed by atoms with Crippen molar-refractivity contribution in [3.05, 3.63) is 35.9 Å². The van der Waals surface area contributed by atoms with Crippen LogP contribution in [0.1, 0.15) is 38.7 Å². The summed E-state index contributed by atoms with van der Waals surface area (Å²) in [5, 5.41) is 9.06. The highest BCUT2D eigenvalue weighted by Crippen LogP contribution is 2.42. The number of carbonyl (C=O) groups excluding carboxylic acids is 3. The Morgan fingerprint density at radius 2 is 1.84 bits per heavy atom. The molecule has 170 valence electrons. The molecular formula is C23H33N3O5. The minimum absolute atomic E-state index is 0.0764. The van der Waals surface area contributed by atoms with Gasteiger partial charge < -0.3 is 14.5 Å². The van der Waals surface area contributed by atoms with Gasteiger partial charge in [-0.2, -0.15) is 0 Å². The lowest BCUT2D eigenvalue weighted by atomic mass is 9.75. The van der Waals surface area contributed by atoms with Crippen molar-refractivity contribution in [3.8, 4) is 0 Å². The van der Waals surface area contributed by atoms with Crippen LogP contribution in [-0.4, -0.2) is 71.6 Å². The minimum atomic E-state index is -0.902. The summed E-state index contributed by atoms with van der Waals surface area (Å²) in [5.74, 6) is -0.632. The molecule has 31 heavy (non-hydrogen) atoms. The van der Waals surface area contributed by atoms with Crippen LogP contribution in [0, 0.1) is 11.3 Å². The Morgan fingerprint density at radius 3 is 2.45 bits per heavy atom. The number of amides is 3. The molecule has 8 nitrogen and oxygen atoms in total. The first-order valence-electron chi connectivity index (χ1n) is 11.0. The lowest BCUT2D eigenvalue weighted by Crippen LogP contribution is -2.54. The summed E-state index contributed by atoms with van der Waals surface area (Å²) in [4.78, 5) is 42.7. The molecule has 0 radical (unpaired) electrons. The van der Waals surface area contributed by atoms with Crippen molar-refractivity contribution in [1.82, 2.24) is 15.3 Å². The molecule has 2 atom stereocenters. The molecule has 3 rings (SSSR count). The lowest BCUT2D eigenvalue weighted by molar-refractivity contribution is -0.151. The quantitative estimate of drug-likeness (QED) is 0.481. The van der Waals surface area contributed by atoms with Crippen molar-refractivity contribution in [2.24, 2.45) is 11.3 Å². The summed E-state index contributed by atoms with van der Waals surface area (Å²) < 4.78 is 5.38. The number of nitrogens with zero attached hydrogens (tertiary/aromatic N) is 2. The Balaban J connectivity index is 1.89. The third kappa shape index (κ3) is 5.43. The van der Waals surface area contributed by atoms with Crippen molar-refractivity contribution in [2.75, 3.05) is 32.8 Å². The van der Waals surface area contributed by atoms with E-state index < -0.39 is 17.4 Å². The number of ether oxygens (including phenoxy) is 1. The number of morpholine rings is 1. The highest BCUT2D eigenvalue weighted by molar-refractivity contribution is 5.94. The third-order valence-electron chi connectivity index (χ3n) is 6.22. The van der Waals surface area contributed by atoms with Crippen LogP contribution in [0.15, 0.2) is 30.3 Å². The number of hydroxylamine groups is 1. The van der Waals surface area contributed by atoms with Crippen LogP contribution in [0.25, 0.3) is 0 Å². The van der Waals surface area contributed by atoms with E-state index in [4.69, 9.17) is 9.94 Å². The van der Waals surface area contributed by atoms with Crippen molar-refractivity contribution in [1.29, 1.82) is 0 Å². The van der Waals surface area contributed by atoms with Crippen molar-refractivity contribution in [2.45, 2.75) is 45.6 Å². The van der Waals surface area contributed by atoms with E-state index >= 15 is 0 Å². The third-order valence-corrected chi connectivity index (χ3v) is 6.22. The summed E-state index contributed by atoms with van der Waals surface area (Å²) in [6.45, 7) is 6.44. The number of benzene rings is 1. The Hall–Kier alpha value is -2.45. The van der Waals surface area contributed by atoms with E-state index in [0.29, 0.717) is 52.1 Å². The van der Waals surface area contributed by atoms with Gasteiger partial charge in [0, 0.05) is 32.5 Å². The monoisotopic (exact) mass is 431 g/mol. The molecule has 2 N–H and O–H groups in total. The molecule has 0 aliphatic carbocycles. The van der Waals surface area contributed by atoms with Gasteiger partial charge in [0.25, 0.3) is 0 Å². The fourth-order valence-corrected chi connectivity index (χ4v) is 4.86. The fraction of sp³-hybridized carbons (Fsp3) is 0.609. The molecule has 2 aliphatic heterocycles. The van der Waals surface area contributed by atoms with E-state index in [2.05, 4.69) is 0 Å². The molecule has 0 bridgehead atoms. The van der Waals surface area contributed by atoms with Crippen LogP contribution in [0.2, 0.25) is 0 Å². The maximum absolute atomic E-state index is 13.7. The molecular weight excluding hydrogens is 398 g/mol. The summed E-state index contributed by atoms with van der Waals surface area (Å²) in [7, 11) is 0. The SMILES string of the molecule is CC(C)CC1(CC(=O)NO)CCN(C(Cc2ccccc2)C(=O)N2CCOCC2)C1=O. The molecule has 3 amide bonds. The Labute approximate surface area is 183 Å². The van der Waals surface area contributed by atoms with Gasteiger partial charge >= 0.3 is 0 Å². The van der Waals surface area contributed by atoms with Gasteiger partial charge in [-0.15, -0.1) is 0 Å². The van der Waals surface area contributed by atoms with E-state index in [9.17, 15) is 14.4 Å². The van der Waals surface area contributed by atoms with E-state index in [1.54, 1.807) is 15.3 Å². The first kappa shape index (κ1) is 23.2. The molecule has 1 aromatic carbocycles. The first-order chi connectivity index (χ1) is 14.9. The second kappa shape index (κ2) is 10.2. The minimum Gasteiger partial charge on any atom is -0.378 e. The zero-order chi connectivity index (χ0) is 22.4. The number of nitrogens with one attached hydrogen (secondary N) is 1. The molecule has 1 aromatic rings. The van der Waals surface area contributed by atoms with Gasteiger partial charge in [-0.1, -0.05) is 44.2 Å². The second-order valence-corrected chi connectivity index (χ2v) is 8.98. The highest BCUT2D eigenvalue weighted by Gasteiger charge is 2.51. The summed E-state index contributed by atoms with van der Waals surface area (Å²) in [5.41, 5.74) is 1.75. The van der Waals surface area contributed by atoms with Gasteiger partial charge in [0.2, 0.25) is 17.7 Å². The molecule has 2 fully saturated rings. The highest BCUT2D eigenvalue weighted by atomic mass is 16.5. The van der Waals surface area contributed by atoms with E-state index in [-0.39, 0.29) is 24.2 Å². The van der Waals surface area contributed by atoms with E-state index in [1.807, 2.05) is 44.2 Å². The Bertz CT molecular complexity index is 779. The van der Waals surface area contributed by atoms with Crippen LogP contribution in [-0.2, 0) is 25.5 Å². The van der Waals surface area contributed by atoms with Gasteiger partial charge in [-0.05, 0) is 24.3 Å². The van der Waals surface area contributed by atoms with Crippen molar-refractivity contribution in [3.63, 3.8) is 0 Å². The van der Waals surface area contributed by atoms with Crippen LogP contribution in [0.3, 0.4) is 0 Å². The average Bonchev–Trinajstić information content (AvgIpc) is 3.07. The molecule has 8 heteroatoms. The number of rotatable bonds is 8. The number of likely N-dealkylation sites (tertiary alicyclic amines) is 1. The fourth-order valence-electron chi connectivity index (χ4n) is 4.86. The first-order valence-corrected chi connectivity index (χ1v) is 11.0. The van der Waals surface area contributed by atoms with Gasteiger partial charge in [0.1, 0.15) is 6.04 Å². The van der Waals surface area contributed by atoms with Gasteiger partial charge in [-0.3, -0.25) is 19.6 Å². The van der Waals surface area contributed by atoms with E-state index in [0.717, 1.165) is 5.56 Å². The summed E-state index contributed by atoms with van der Waals surface area (Å²) >= 11 is 0. The smallest absolute Gasteiger partial charge is 0.245 e. The second-order valence-electron chi connectivity index (χ2n) is 8.98. The largest absolute Gasteiger partial charge is 0.378 e. The Morgan fingerprint density at radius 1 is 1.16 bits per heavy atom. The van der Waals surface area contributed by atoms with Gasteiger partial charge in [-0.25, -0.2) is 5.48 Å². The normalized spacial score (nSPS) is 22.6. The number of carbonyl (C=O) groups is 3. The molecule has 2 saturated heterocycles. The number of hydrogen-bond donors (Lipinski definition) is 2. The summed E-state index contributed by atoms with van der Waals surface area (Å²) in [6, 6.07) is 9.06. The molecule has 0 aromatic heterocycles. The lowest BCUT2D eigenvalue weighted by Gasteiger charge is -2.36. The van der Waals surface area contributed by atoms with Crippen LogP contribution in [0.5, 0.6) is 0 Å². The molecule has 0 spiro atoms. The standard InChI is InChI=1S/C23H33N3O5/c1-17(2)15-23(16-20(27)24-30)8-9-26(22(23)29)19(14-18-6-4-3-5-7-18)21(28)25-10-12-31-13-11-25/h3-7,17,19,30H,8-16H2,1-2H3,(H,24,27). The maximum atomic E-state index is 13.7. The van der Waals surface area contributed by atoms with Crippen LogP contribution >= 0.6 is 0 Å². The summed E-state index contributed by atoms with van der Waals surface area (Å²) in [6.07, 6.45) is 1.35. The van der Waals surface area contributed by atoms with Crippen LogP contribution in [0.4, 0.5) is 0 Å². The van der Waals surface area contributed by atoms with Gasteiger partial charge in [0.15, 0.2) is 0 Å². The van der Waals surface area contributed by atoms with Crippen LogP contribution < -0.4 is 5.48 Å². The predicted octanol–water partition coefficient (Wildman–Crippen LogP) is 1.62. The zero-order valence-electron chi connectivity index (χ0n) is 18.4. The predicted molar refractivity (Wildman–Crippen MR) is 114 cm³/mol. The zero-order valence-corrected chi connectivity index (χ0v) is 18.4. The van der Waals surface area contributed by atoms with Crippen molar-refractivity contribution >= 4 is 17.7 Å². The van der Waals surface area contributed by atoms with E-state index in [1.165, 1.54) is 0 Å². The maximum Gasteiger partial charge on any atom is 0.245 e. The topological polar surface area (TPSA) is 99.2 Å². The number of hydrogen-bond acceptors (Lipinski definition) is 5. The molecule has 2 aliphatic rings. The Kier molecular flexibility index (Phi) is 7.67. The molecule has 2 unspecified atom stereocenters.